The molecule has 1 saturated heterocycles. The van der Waals surface area contributed by atoms with Crippen LogP contribution in [0.5, 0.6) is 0 Å². The van der Waals surface area contributed by atoms with E-state index in [0.29, 0.717) is 28.9 Å². The van der Waals surface area contributed by atoms with Gasteiger partial charge in [-0.2, -0.15) is 0 Å². The molecule has 1 aromatic carbocycles. The lowest BCUT2D eigenvalue weighted by Crippen LogP contribution is -2.25. The maximum atomic E-state index is 14.9. The molecule has 11 nitrogen and oxygen atoms in total. The number of nitrogens with two attached hydrogens (primary N) is 1. The maximum Gasteiger partial charge on any atom is 0.414 e. The molecule has 0 saturated carbocycles. The Labute approximate surface area is 194 Å². The Morgan fingerprint density at radius 2 is 2.06 bits per heavy atom. The van der Waals surface area contributed by atoms with Crippen LogP contribution in [0.15, 0.2) is 57.2 Å². The third kappa shape index (κ3) is 5.12. The van der Waals surface area contributed by atoms with Gasteiger partial charge in [0.2, 0.25) is 5.66 Å². The Kier molecular flexibility index (Phi) is 7.29. The van der Waals surface area contributed by atoms with Crippen molar-refractivity contribution in [3.05, 3.63) is 48.0 Å². The zero-order chi connectivity index (χ0) is 22.7. The Bertz CT molecular complexity index is 1080. The van der Waals surface area contributed by atoms with Gasteiger partial charge in [-0.3, -0.25) is 14.7 Å². The van der Waals surface area contributed by atoms with E-state index < -0.39 is 29.6 Å². The number of amides is 1. The number of benzene rings is 1. The molecular formula is C20H21ClFN7O4. The standard InChI is InChI=1S/C20H20FN7O4.ClH/c1-20(24-26-27-25-20)17-5-2-12(10-23-17)15-4-3-13(8-16(15)21)28-11-14(32-19(28)30)6-7-31-18(29)9-22;/h2-5,8,10,14H,6-7,9,11,22H2,1H3;1H/t14-;/m1./s1. The van der Waals surface area contributed by atoms with Crippen LogP contribution in [0.4, 0.5) is 14.9 Å². The number of aromatic nitrogens is 1. The summed E-state index contributed by atoms with van der Waals surface area (Å²) < 4.78 is 25.0. The SMILES string of the molecule is CC1(c2ccc(-c3ccc(N4C[C@@H](CCOC(=O)CN)OC4=O)cc3F)cn2)N=NN=N1.Cl. The zero-order valence-corrected chi connectivity index (χ0v) is 18.4. The van der Waals surface area contributed by atoms with Crippen LogP contribution in [0, 0.1) is 5.82 Å². The number of esters is 1. The van der Waals surface area contributed by atoms with Gasteiger partial charge < -0.3 is 15.2 Å². The number of hydrogen-bond acceptors (Lipinski definition) is 10. The van der Waals surface area contributed by atoms with Crippen molar-refractivity contribution in [1.29, 1.82) is 0 Å². The molecule has 0 aliphatic carbocycles. The third-order valence-electron chi connectivity index (χ3n) is 5.09. The van der Waals surface area contributed by atoms with Crippen molar-refractivity contribution >= 4 is 30.2 Å². The summed E-state index contributed by atoms with van der Waals surface area (Å²) in [6, 6.07) is 7.86. The molecule has 33 heavy (non-hydrogen) atoms. The summed E-state index contributed by atoms with van der Waals surface area (Å²) in [5.74, 6) is -1.05. The van der Waals surface area contributed by atoms with Gasteiger partial charge in [-0.05, 0) is 41.6 Å². The van der Waals surface area contributed by atoms with Crippen molar-refractivity contribution < 1.29 is 23.5 Å². The quantitative estimate of drug-likeness (QED) is 0.604. The maximum absolute atomic E-state index is 14.9. The van der Waals surface area contributed by atoms with E-state index in [2.05, 4.69) is 25.7 Å². The van der Waals surface area contributed by atoms with Crippen LogP contribution in [0.3, 0.4) is 0 Å². The molecule has 1 atom stereocenters. The highest BCUT2D eigenvalue weighted by Gasteiger charge is 2.33. The number of ether oxygens (including phenoxy) is 2. The van der Waals surface area contributed by atoms with Crippen molar-refractivity contribution in [1.82, 2.24) is 4.98 Å². The van der Waals surface area contributed by atoms with Gasteiger partial charge in [0.05, 0.1) is 31.1 Å². The van der Waals surface area contributed by atoms with Crippen LogP contribution in [0.2, 0.25) is 0 Å². The van der Waals surface area contributed by atoms with E-state index in [1.54, 1.807) is 31.2 Å². The fourth-order valence-corrected chi connectivity index (χ4v) is 3.32. The normalized spacial score (nSPS) is 18.2. The Balaban J connectivity index is 0.00000306. The number of halogens is 2. The van der Waals surface area contributed by atoms with Gasteiger partial charge in [0.25, 0.3) is 0 Å². The van der Waals surface area contributed by atoms with Gasteiger partial charge in [-0.1, -0.05) is 6.07 Å². The summed E-state index contributed by atoms with van der Waals surface area (Å²) in [5.41, 5.74) is 5.97. The van der Waals surface area contributed by atoms with Crippen molar-refractivity contribution in [2.75, 3.05) is 24.6 Å². The molecule has 0 radical (unpaired) electrons. The minimum absolute atomic E-state index is 0. The van der Waals surface area contributed by atoms with Crippen molar-refractivity contribution in [2.24, 2.45) is 26.4 Å². The van der Waals surface area contributed by atoms with E-state index in [0.717, 1.165) is 0 Å². The summed E-state index contributed by atoms with van der Waals surface area (Å²) in [6.45, 7) is 1.81. The van der Waals surface area contributed by atoms with Gasteiger partial charge in [0.15, 0.2) is 0 Å². The molecule has 3 heterocycles. The van der Waals surface area contributed by atoms with Crippen LogP contribution in [-0.4, -0.2) is 42.8 Å². The Hall–Kier alpha value is -3.51. The average molecular weight is 478 g/mol. The topological polar surface area (TPSA) is 144 Å². The fourth-order valence-electron chi connectivity index (χ4n) is 3.32. The summed E-state index contributed by atoms with van der Waals surface area (Å²) in [6.07, 6.45) is 0.778. The number of hydrogen-bond donors (Lipinski definition) is 1. The number of carbonyl (C=O) groups is 2. The van der Waals surface area contributed by atoms with Crippen molar-refractivity contribution in [2.45, 2.75) is 25.1 Å². The first kappa shape index (κ1) is 24.1. The largest absolute Gasteiger partial charge is 0.465 e. The molecule has 0 spiro atoms. The summed E-state index contributed by atoms with van der Waals surface area (Å²) in [4.78, 5) is 29.0. The molecule has 1 aromatic heterocycles. The highest BCUT2D eigenvalue weighted by atomic mass is 35.5. The molecule has 174 valence electrons. The van der Waals surface area contributed by atoms with Crippen molar-refractivity contribution in [3.63, 3.8) is 0 Å². The van der Waals surface area contributed by atoms with Gasteiger partial charge >= 0.3 is 12.1 Å². The molecule has 0 unspecified atom stereocenters. The fraction of sp³-hybridized carbons (Fsp3) is 0.350. The minimum atomic E-state index is -0.976. The molecule has 1 amide bonds. The molecule has 1 fully saturated rings. The van der Waals surface area contributed by atoms with Crippen molar-refractivity contribution in [3.8, 4) is 11.1 Å². The van der Waals surface area contributed by atoms with Crippen LogP contribution >= 0.6 is 12.4 Å². The van der Waals surface area contributed by atoms with Crippen LogP contribution in [0.25, 0.3) is 11.1 Å². The summed E-state index contributed by atoms with van der Waals surface area (Å²) in [5, 5.41) is 14.9. The second kappa shape index (κ2) is 9.96. The van der Waals surface area contributed by atoms with Gasteiger partial charge in [0, 0.05) is 23.7 Å². The van der Waals surface area contributed by atoms with E-state index in [-0.39, 0.29) is 32.1 Å². The smallest absolute Gasteiger partial charge is 0.414 e. The molecule has 2 aromatic rings. The third-order valence-corrected chi connectivity index (χ3v) is 5.09. The highest BCUT2D eigenvalue weighted by Crippen LogP contribution is 2.33. The number of carbonyl (C=O) groups excluding carboxylic acids is 2. The summed E-state index contributed by atoms with van der Waals surface area (Å²) >= 11 is 0. The minimum Gasteiger partial charge on any atom is -0.465 e. The Morgan fingerprint density at radius 1 is 1.30 bits per heavy atom. The second-order valence-electron chi connectivity index (χ2n) is 7.33. The number of cyclic esters (lactones) is 1. The monoisotopic (exact) mass is 477 g/mol. The molecule has 0 bridgehead atoms. The van der Waals surface area contributed by atoms with Crippen LogP contribution in [0.1, 0.15) is 19.0 Å². The van der Waals surface area contributed by atoms with Gasteiger partial charge in [-0.15, -0.1) is 22.6 Å². The van der Waals surface area contributed by atoms with E-state index in [4.69, 9.17) is 15.2 Å². The van der Waals surface area contributed by atoms with E-state index >= 15 is 0 Å². The molecule has 13 heteroatoms. The zero-order valence-electron chi connectivity index (χ0n) is 17.5. The number of anilines is 1. The summed E-state index contributed by atoms with van der Waals surface area (Å²) in [7, 11) is 0. The second-order valence-corrected chi connectivity index (χ2v) is 7.33. The van der Waals surface area contributed by atoms with Crippen LogP contribution < -0.4 is 10.6 Å². The lowest BCUT2D eigenvalue weighted by Gasteiger charge is -2.15. The number of nitrogens with zero attached hydrogens (tertiary/aromatic N) is 6. The first-order chi connectivity index (χ1) is 15.4. The first-order valence-electron chi connectivity index (χ1n) is 9.84. The van der Waals surface area contributed by atoms with E-state index in [1.807, 2.05) is 0 Å². The van der Waals surface area contributed by atoms with Gasteiger partial charge in [-0.25, -0.2) is 9.18 Å². The molecule has 2 aliphatic heterocycles. The van der Waals surface area contributed by atoms with E-state index in [1.165, 1.54) is 17.2 Å². The Morgan fingerprint density at radius 3 is 2.70 bits per heavy atom. The molecule has 4 rings (SSSR count). The number of rotatable bonds is 7. The predicted molar refractivity (Wildman–Crippen MR) is 116 cm³/mol. The first-order valence-corrected chi connectivity index (χ1v) is 9.84. The van der Waals surface area contributed by atoms with Crippen LogP contribution in [-0.2, 0) is 19.9 Å². The lowest BCUT2D eigenvalue weighted by atomic mass is 10.0. The molecule has 2 aliphatic rings. The average Bonchev–Trinajstić information content (AvgIpc) is 3.40. The molecular weight excluding hydrogens is 457 g/mol. The van der Waals surface area contributed by atoms with Gasteiger partial charge in [0.1, 0.15) is 11.9 Å². The lowest BCUT2D eigenvalue weighted by molar-refractivity contribution is -0.142. The predicted octanol–water partition coefficient (Wildman–Crippen LogP) is 3.53. The highest BCUT2D eigenvalue weighted by molar-refractivity contribution is 5.90. The number of pyridine rings is 1. The van der Waals surface area contributed by atoms with E-state index in [9.17, 15) is 14.0 Å². The molecule has 2 N–H and O–H groups in total.